The van der Waals surface area contributed by atoms with Crippen LogP contribution in [0.5, 0.6) is 17.2 Å². The predicted octanol–water partition coefficient (Wildman–Crippen LogP) is 9.63. The zero-order valence-corrected chi connectivity index (χ0v) is 37.8. The number of nitrogens with two attached hydrogens (primary N) is 1. The molecule has 0 unspecified atom stereocenters. The average Bonchev–Trinajstić information content (AvgIpc) is 3.16. The standard InChI is InChI=1S/C12H15F3N2O3.C12H17F3N2O.C7H4F3NO3.C5H12ClN.C4H8O2/c1-16(2)4-3-5-20-11-7-9(12(13,14)15)6-10(8-11)17(18)19;1-17(2)4-3-5-18-11-7-9(12(13,14)15)6-10(16)8-11;8-7(9,10)4-1-5(11(13)14)3-6(12)2-4;1-7(2)5-3-4-6;1-3-6-4(2)5/h6-8H,3-5H2,1-2H3;6-8H,3-5,16H2,1-2H3;1-3,12H;3-5H2,1-2H3;3H2,1-2H3. The molecule has 3 N–H and O–H groups in total. The van der Waals surface area contributed by atoms with Crippen molar-refractivity contribution in [3.8, 4) is 17.2 Å². The van der Waals surface area contributed by atoms with E-state index in [9.17, 15) is 64.5 Å². The Morgan fingerprint density at radius 2 is 1.02 bits per heavy atom. The number of phenolic OH excluding ortho intramolecular Hbond substituents is 1. The molecular formula is C40H56ClF9N6O9. The van der Waals surface area contributed by atoms with Gasteiger partial charge in [-0.1, -0.05) is 0 Å². The summed E-state index contributed by atoms with van der Waals surface area (Å²) < 4.78 is 126. The Hall–Kier alpha value is -5.33. The Kier molecular flexibility index (Phi) is 29.2. The smallest absolute Gasteiger partial charge is 0.416 e. The molecule has 0 aromatic heterocycles. The highest BCUT2D eigenvalue weighted by Crippen LogP contribution is 2.36. The number of nitrogen functional groups attached to an aromatic ring is 1. The third kappa shape index (κ3) is 31.2. The number of carbonyl (C=O) groups excluding carboxylic acids is 1. The van der Waals surface area contributed by atoms with Crippen molar-refractivity contribution in [2.24, 2.45) is 0 Å². The molecule has 65 heavy (non-hydrogen) atoms. The molecule has 0 aliphatic heterocycles. The number of anilines is 1. The monoisotopic (exact) mass is 970 g/mol. The first kappa shape index (κ1) is 61.8. The summed E-state index contributed by atoms with van der Waals surface area (Å²) in [5.74, 6) is -0.214. The van der Waals surface area contributed by atoms with Crippen LogP contribution in [0.3, 0.4) is 0 Å². The molecule has 0 bridgehead atoms. The summed E-state index contributed by atoms with van der Waals surface area (Å²) >= 11 is 5.42. The second-order valence-corrected chi connectivity index (χ2v) is 14.4. The van der Waals surface area contributed by atoms with E-state index in [2.05, 4.69) is 9.64 Å². The summed E-state index contributed by atoms with van der Waals surface area (Å²) in [7, 11) is 11.6. The number of ether oxygens (including phenoxy) is 3. The Labute approximate surface area is 376 Å². The number of non-ortho nitro benzene ring substituents is 2. The molecule has 0 amide bonds. The molecule has 0 heterocycles. The first-order chi connectivity index (χ1) is 29.8. The van der Waals surface area contributed by atoms with Crippen molar-refractivity contribution < 1.29 is 73.5 Å². The maximum atomic E-state index is 12.6. The van der Waals surface area contributed by atoms with Gasteiger partial charge in [-0.15, -0.1) is 11.6 Å². The van der Waals surface area contributed by atoms with Crippen LogP contribution in [0.1, 0.15) is 49.8 Å². The predicted molar refractivity (Wildman–Crippen MR) is 227 cm³/mol. The number of aromatic hydroxyl groups is 1. The Morgan fingerprint density at radius 3 is 1.34 bits per heavy atom. The van der Waals surface area contributed by atoms with E-state index in [4.69, 9.17) is 31.9 Å². The number of nitro benzene ring substituents is 2. The van der Waals surface area contributed by atoms with Crippen LogP contribution in [0, 0.1) is 20.2 Å². The number of alkyl halides is 10. The summed E-state index contributed by atoms with van der Waals surface area (Å²) in [6, 6.07) is 6.94. The topological polar surface area (TPSA) is 187 Å². The van der Waals surface area contributed by atoms with E-state index >= 15 is 0 Å². The number of nitro groups is 2. The minimum absolute atomic E-state index is 0.0486. The number of benzene rings is 3. The van der Waals surface area contributed by atoms with E-state index in [0.717, 1.165) is 56.1 Å². The summed E-state index contributed by atoms with van der Waals surface area (Å²) in [6.45, 7) is 6.83. The van der Waals surface area contributed by atoms with Gasteiger partial charge in [-0.2, -0.15) is 39.5 Å². The number of halogens is 10. The van der Waals surface area contributed by atoms with E-state index in [0.29, 0.717) is 50.4 Å². The molecule has 0 radical (unpaired) electrons. The van der Waals surface area contributed by atoms with Crippen LogP contribution in [0.2, 0.25) is 0 Å². The van der Waals surface area contributed by atoms with E-state index in [1.807, 2.05) is 52.1 Å². The molecule has 0 fully saturated rings. The fourth-order valence-corrected chi connectivity index (χ4v) is 4.51. The lowest BCUT2D eigenvalue weighted by Crippen LogP contribution is -2.15. The van der Waals surface area contributed by atoms with Crippen molar-refractivity contribution in [3.63, 3.8) is 0 Å². The van der Waals surface area contributed by atoms with Gasteiger partial charge in [0.1, 0.15) is 17.2 Å². The summed E-state index contributed by atoms with van der Waals surface area (Å²) in [5, 5.41) is 29.6. The third-order valence-electron chi connectivity index (χ3n) is 7.25. The maximum Gasteiger partial charge on any atom is 0.416 e. The average molecular weight is 971 g/mol. The lowest BCUT2D eigenvalue weighted by molar-refractivity contribution is -0.385. The van der Waals surface area contributed by atoms with Gasteiger partial charge in [-0.05, 0) is 99.3 Å². The maximum absolute atomic E-state index is 12.6. The summed E-state index contributed by atoms with van der Waals surface area (Å²) in [4.78, 5) is 34.7. The van der Waals surface area contributed by atoms with Crippen LogP contribution in [0.4, 0.5) is 56.6 Å². The second kappa shape index (κ2) is 30.7. The number of esters is 1. The molecule has 15 nitrogen and oxygen atoms in total. The van der Waals surface area contributed by atoms with E-state index < -0.39 is 62.2 Å². The highest BCUT2D eigenvalue weighted by molar-refractivity contribution is 6.17. The van der Waals surface area contributed by atoms with E-state index in [1.165, 1.54) is 13.0 Å². The molecule has 25 heteroatoms. The van der Waals surface area contributed by atoms with Gasteiger partial charge in [0.05, 0.1) is 58.5 Å². The third-order valence-corrected chi connectivity index (χ3v) is 7.52. The van der Waals surface area contributed by atoms with Gasteiger partial charge >= 0.3 is 24.5 Å². The number of phenols is 1. The van der Waals surface area contributed by atoms with Crippen LogP contribution in [0.15, 0.2) is 54.6 Å². The van der Waals surface area contributed by atoms with Gasteiger partial charge < -0.3 is 39.8 Å². The number of rotatable bonds is 16. The van der Waals surface area contributed by atoms with Crippen LogP contribution in [0.25, 0.3) is 0 Å². The van der Waals surface area contributed by atoms with Gasteiger partial charge in [0.2, 0.25) is 0 Å². The lowest BCUT2D eigenvalue weighted by atomic mass is 10.2. The zero-order valence-electron chi connectivity index (χ0n) is 37.1. The molecule has 3 aromatic rings. The number of carbonyl (C=O) groups is 1. The summed E-state index contributed by atoms with van der Waals surface area (Å²) in [5.41, 5.74) is 0.916. The molecule has 0 spiro atoms. The van der Waals surface area contributed by atoms with Crippen molar-refractivity contribution >= 4 is 34.6 Å². The Bertz CT molecular complexity index is 1870. The molecule has 0 aliphatic rings. The normalized spacial score (nSPS) is 11.2. The molecule has 0 saturated heterocycles. The first-order valence-electron chi connectivity index (χ1n) is 19.1. The molecule has 0 aliphatic carbocycles. The minimum atomic E-state index is -4.70. The highest BCUT2D eigenvalue weighted by Gasteiger charge is 2.34. The quantitative estimate of drug-likeness (QED) is 0.0263. The fraction of sp³-hybridized carbons (Fsp3) is 0.525. The number of hydrogen-bond acceptors (Lipinski definition) is 13. The first-order valence-corrected chi connectivity index (χ1v) is 19.7. The van der Waals surface area contributed by atoms with Crippen LogP contribution in [-0.4, -0.2) is 123 Å². The highest BCUT2D eigenvalue weighted by atomic mass is 35.5. The van der Waals surface area contributed by atoms with Crippen molar-refractivity contribution in [1.29, 1.82) is 0 Å². The molecule has 3 rings (SSSR count). The fourth-order valence-electron chi connectivity index (χ4n) is 4.39. The van der Waals surface area contributed by atoms with Gasteiger partial charge in [0.25, 0.3) is 11.4 Å². The molecule has 0 saturated carbocycles. The molecule has 370 valence electrons. The van der Waals surface area contributed by atoms with Crippen LogP contribution >= 0.6 is 11.6 Å². The summed E-state index contributed by atoms with van der Waals surface area (Å²) in [6.07, 6.45) is -11.3. The number of nitrogens with zero attached hydrogens (tertiary/aromatic N) is 5. The zero-order chi connectivity index (χ0) is 50.7. The molecule has 3 aromatic carbocycles. The van der Waals surface area contributed by atoms with Gasteiger partial charge in [-0.25, -0.2) is 0 Å². The molecular weight excluding hydrogens is 915 g/mol. The SMILES string of the molecule is CCOC(C)=O.CN(C)CCCCl.CN(C)CCCOc1cc(N)cc(C(F)(F)F)c1.CN(C)CCCOc1cc([N+](=O)[O-])cc(C(F)(F)F)c1.O=[N+]([O-])c1cc(O)cc(C(F)(F)F)c1. The molecule has 0 atom stereocenters. The Balaban J connectivity index is 0. The van der Waals surface area contributed by atoms with E-state index in [-0.39, 0.29) is 29.8 Å². The van der Waals surface area contributed by atoms with Gasteiger partial charge in [0, 0.05) is 49.8 Å². The van der Waals surface area contributed by atoms with E-state index in [1.54, 1.807) is 6.92 Å². The van der Waals surface area contributed by atoms with Crippen LogP contribution < -0.4 is 15.2 Å². The lowest BCUT2D eigenvalue weighted by Gasteiger charge is -2.13. The second-order valence-electron chi connectivity index (χ2n) is 14.0. The Morgan fingerprint density at radius 1 is 0.646 bits per heavy atom. The van der Waals surface area contributed by atoms with Crippen LogP contribution in [-0.2, 0) is 28.1 Å². The van der Waals surface area contributed by atoms with Crippen molar-refractivity contribution in [3.05, 3.63) is 91.5 Å². The minimum Gasteiger partial charge on any atom is -0.508 e. The van der Waals surface area contributed by atoms with Crippen molar-refractivity contribution in [2.75, 3.05) is 93.4 Å². The van der Waals surface area contributed by atoms with Crippen molar-refractivity contribution in [1.82, 2.24) is 14.7 Å². The van der Waals surface area contributed by atoms with Gasteiger partial charge in [-0.3, -0.25) is 25.0 Å². The van der Waals surface area contributed by atoms with Crippen molar-refractivity contribution in [2.45, 2.75) is 51.6 Å². The van der Waals surface area contributed by atoms with Gasteiger partial charge in [0.15, 0.2) is 0 Å². The number of hydrogen-bond donors (Lipinski definition) is 2. The largest absolute Gasteiger partial charge is 0.508 e.